The average molecular weight is 274 g/mol. The first kappa shape index (κ1) is 14.1. The Morgan fingerprint density at radius 3 is 1.85 bits per heavy atom. The fraction of sp³-hybridized carbons (Fsp3) is 0.250. The molecule has 0 aliphatic rings. The van der Waals surface area contributed by atoms with Gasteiger partial charge in [0.2, 0.25) is 0 Å². The van der Waals surface area contributed by atoms with Crippen molar-refractivity contribution in [3.8, 4) is 23.0 Å². The van der Waals surface area contributed by atoms with E-state index in [4.69, 9.17) is 0 Å². The molecule has 0 aliphatic heterocycles. The third-order valence-corrected chi connectivity index (χ3v) is 3.76. The number of phenols is 4. The summed E-state index contributed by atoms with van der Waals surface area (Å²) in [5.74, 6) is 0.0170. The van der Waals surface area contributed by atoms with Crippen molar-refractivity contribution in [2.45, 2.75) is 25.7 Å². The van der Waals surface area contributed by atoms with Crippen LogP contribution in [0, 0.1) is 0 Å². The number of benzene rings is 2. The molecule has 2 unspecified atom stereocenters. The van der Waals surface area contributed by atoms with Crippen molar-refractivity contribution in [3.05, 3.63) is 47.5 Å². The molecule has 20 heavy (non-hydrogen) atoms. The minimum absolute atomic E-state index is 0.00584. The third-order valence-electron chi connectivity index (χ3n) is 3.76. The van der Waals surface area contributed by atoms with Gasteiger partial charge in [0, 0.05) is 11.6 Å². The van der Waals surface area contributed by atoms with Crippen LogP contribution in [0.25, 0.3) is 0 Å². The Morgan fingerprint density at radius 1 is 0.650 bits per heavy atom. The zero-order valence-electron chi connectivity index (χ0n) is 11.4. The Labute approximate surface area is 117 Å². The van der Waals surface area contributed by atoms with Gasteiger partial charge in [0.25, 0.3) is 0 Å². The Kier molecular flexibility index (Phi) is 3.74. The summed E-state index contributed by atoms with van der Waals surface area (Å²) >= 11 is 0. The van der Waals surface area contributed by atoms with Gasteiger partial charge >= 0.3 is 0 Å². The standard InChI is InChI=1S/C16H18O4/c1-9(13-5-3-12(18)8-16(13)20)10(2)14-7-11(17)4-6-15(14)19/h3-10,17-20H,1-2H3. The van der Waals surface area contributed by atoms with E-state index in [1.807, 2.05) is 13.8 Å². The van der Waals surface area contributed by atoms with E-state index < -0.39 is 0 Å². The highest BCUT2D eigenvalue weighted by Crippen LogP contribution is 2.41. The maximum atomic E-state index is 9.91. The molecule has 4 heteroatoms. The van der Waals surface area contributed by atoms with Gasteiger partial charge in [-0.1, -0.05) is 19.9 Å². The fourth-order valence-corrected chi connectivity index (χ4v) is 2.36. The highest BCUT2D eigenvalue weighted by molar-refractivity contribution is 5.46. The predicted octanol–water partition coefficient (Wildman–Crippen LogP) is 3.42. The summed E-state index contributed by atoms with van der Waals surface area (Å²) in [7, 11) is 0. The topological polar surface area (TPSA) is 80.9 Å². The van der Waals surface area contributed by atoms with Gasteiger partial charge in [0.15, 0.2) is 0 Å². The first-order valence-electron chi connectivity index (χ1n) is 6.44. The molecule has 0 amide bonds. The van der Waals surface area contributed by atoms with Crippen LogP contribution >= 0.6 is 0 Å². The minimum atomic E-state index is -0.113. The van der Waals surface area contributed by atoms with Gasteiger partial charge in [-0.3, -0.25) is 0 Å². The molecule has 0 bridgehead atoms. The second-order valence-corrected chi connectivity index (χ2v) is 5.06. The molecule has 2 aromatic rings. The summed E-state index contributed by atoms with van der Waals surface area (Å²) in [6, 6.07) is 8.86. The van der Waals surface area contributed by atoms with E-state index in [2.05, 4.69) is 0 Å². The van der Waals surface area contributed by atoms with Crippen LogP contribution in [0.4, 0.5) is 0 Å². The third kappa shape index (κ3) is 2.64. The molecule has 0 aromatic heterocycles. The summed E-state index contributed by atoms with van der Waals surface area (Å²) in [5, 5.41) is 38.7. The zero-order valence-corrected chi connectivity index (χ0v) is 11.4. The monoisotopic (exact) mass is 274 g/mol. The summed E-state index contributed by atoms with van der Waals surface area (Å²) < 4.78 is 0. The maximum absolute atomic E-state index is 9.91. The van der Waals surface area contributed by atoms with Crippen LogP contribution in [0.15, 0.2) is 36.4 Å². The molecule has 4 nitrogen and oxygen atoms in total. The van der Waals surface area contributed by atoms with Crippen LogP contribution in [0.3, 0.4) is 0 Å². The summed E-state index contributed by atoms with van der Waals surface area (Å²) in [6.07, 6.45) is 0. The van der Waals surface area contributed by atoms with E-state index in [0.29, 0.717) is 11.1 Å². The van der Waals surface area contributed by atoms with Crippen LogP contribution in [0.1, 0.15) is 36.8 Å². The number of hydrogen-bond donors (Lipinski definition) is 4. The Balaban J connectivity index is 2.37. The first-order valence-corrected chi connectivity index (χ1v) is 6.44. The molecule has 0 radical (unpaired) electrons. The quantitative estimate of drug-likeness (QED) is 0.646. The number of aromatic hydroxyl groups is 4. The van der Waals surface area contributed by atoms with Gasteiger partial charge in [-0.05, 0) is 41.7 Å². The van der Waals surface area contributed by atoms with E-state index in [-0.39, 0.29) is 34.8 Å². The van der Waals surface area contributed by atoms with Crippen molar-refractivity contribution in [3.63, 3.8) is 0 Å². The SMILES string of the molecule is CC(c1ccc(O)cc1O)C(C)c1cc(O)ccc1O. The first-order chi connectivity index (χ1) is 9.40. The molecule has 4 N–H and O–H groups in total. The lowest BCUT2D eigenvalue weighted by Gasteiger charge is -2.22. The summed E-state index contributed by atoms with van der Waals surface area (Å²) in [4.78, 5) is 0. The molecule has 0 spiro atoms. The van der Waals surface area contributed by atoms with Crippen molar-refractivity contribution in [1.29, 1.82) is 0 Å². The Hall–Kier alpha value is -2.36. The smallest absolute Gasteiger partial charge is 0.122 e. The molecule has 0 fully saturated rings. The fourth-order valence-electron chi connectivity index (χ4n) is 2.36. The molecule has 0 aliphatic carbocycles. The van der Waals surface area contributed by atoms with E-state index in [0.717, 1.165) is 0 Å². The summed E-state index contributed by atoms with van der Waals surface area (Å²) in [5.41, 5.74) is 1.29. The van der Waals surface area contributed by atoms with Crippen LogP contribution < -0.4 is 0 Å². The van der Waals surface area contributed by atoms with Crippen LogP contribution in [-0.2, 0) is 0 Å². The van der Waals surface area contributed by atoms with E-state index >= 15 is 0 Å². The lowest BCUT2D eigenvalue weighted by atomic mass is 9.83. The second-order valence-electron chi connectivity index (χ2n) is 5.06. The molecular formula is C16H18O4. The van der Waals surface area contributed by atoms with Gasteiger partial charge in [0.05, 0.1) is 0 Å². The second kappa shape index (κ2) is 5.33. The van der Waals surface area contributed by atoms with Crippen molar-refractivity contribution in [2.75, 3.05) is 0 Å². The van der Waals surface area contributed by atoms with E-state index in [1.165, 1.54) is 30.3 Å². The molecule has 0 saturated heterocycles. The molecule has 2 atom stereocenters. The van der Waals surface area contributed by atoms with E-state index in [9.17, 15) is 20.4 Å². The molecule has 2 aromatic carbocycles. The van der Waals surface area contributed by atoms with Crippen LogP contribution in [-0.4, -0.2) is 20.4 Å². The minimum Gasteiger partial charge on any atom is -0.508 e. The van der Waals surface area contributed by atoms with Gasteiger partial charge in [-0.2, -0.15) is 0 Å². The van der Waals surface area contributed by atoms with Crippen molar-refractivity contribution in [2.24, 2.45) is 0 Å². The molecule has 2 rings (SSSR count). The Bertz CT molecular complexity index is 622. The number of rotatable bonds is 3. The predicted molar refractivity (Wildman–Crippen MR) is 76.4 cm³/mol. The molecule has 0 saturated carbocycles. The maximum Gasteiger partial charge on any atom is 0.122 e. The Morgan fingerprint density at radius 2 is 1.20 bits per heavy atom. The lowest BCUT2D eigenvalue weighted by Crippen LogP contribution is -2.05. The number of phenolic OH excluding ortho intramolecular Hbond substituents is 4. The molecule has 0 heterocycles. The van der Waals surface area contributed by atoms with Gasteiger partial charge in [0.1, 0.15) is 23.0 Å². The van der Waals surface area contributed by atoms with Gasteiger partial charge < -0.3 is 20.4 Å². The lowest BCUT2D eigenvalue weighted by molar-refractivity contribution is 0.430. The normalized spacial score (nSPS) is 13.9. The zero-order chi connectivity index (χ0) is 14.9. The van der Waals surface area contributed by atoms with Gasteiger partial charge in [-0.15, -0.1) is 0 Å². The van der Waals surface area contributed by atoms with E-state index in [1.54, 1.807) is 6.07 Å². The van der Waals surface area contributed by atoms with Crippen molar-refractivity contribution >= 4 is 0 Å². The van der Waals surface area contributed by atoms with Crippen LogP contribution in [0.5, 0.6) is 23.0 Å². The summed E-state index contributed by atoms with van der Waals surface area (Å²) in [6.45, 7) is 3.83. The van der Waals surface area contributed by atoms with Crippen molar-refractivity contribution < 1.29 is 20.4 Å². The van der Waals surface area contributed by atoms with Gasteiger partial charge in [-0.25, -0.2) is 0 Å². The largest absolute Gasteiger partial charge is 0.508 e. The number of hydrogen-bond acceptors (Lipinski definition) is 4. The molecular weight excluding hydrogens is 256 g/mol. The van der Waals surface area contributed by atoms with Crippen LogP contribution in [0.2, 0.25) is 0 Å². The van der Waals surface area contributed by atoms with Crippen molar-refractivity contribution in [1.82, 2.24) is 0 Å². The molecule has 106 valence electrons. The highest BCUT2D eigenvalue weighted by atomic mass is 16.3. The highest BCUT2D eigenvalue weighted by Gasteiger charge is 2.22. The average Bonchev–Trinajstić information content (AvgIpc) is 2.40.